The zero-order valence-corrected chi connectivity index (χ0v) is 18.5. The van der Waals surface area contributed by atoms with Crippen molar-refractivity contribution >= 4 is 5.71 Å². The summed E-state index contributed by atoms with van der Waals surface area (Å²) < 4.78 is 17.8. The Bertz CT molecular complexity index is 646. The van der Waals surface area contributed by atoms with Crippen LogP contribution in [0.5, 0.6) is 11.5 Å². The molecule has 0 aliphatic heterocycles. The van der Waals surface area contributed by atoms with Gasteiger partial charge in [-0.15, -0.1) is 0 Å². The van der Waals surface area contributed by atoms with Gasteiger partial charge in [0.05, 0.1) is 18.4 Å². The van der Waals surface area contributed by atoms with Gasteiger partial charge in [0.25, 0.3) is 0 Å². The predicted octanol–water partition coefficient (Wildman–Crippen LogP) is 5.77. The van der Waals surface area contributed by atoms with Crippen molar-refractivity contribution in [2.75, 3.05) is 26.9 Å². The van der Waals surface area contributed by atoms with E-state index in [4.69, 9.17) is 19.0 Å². The summed E-state index contributed by atoms with van der Waals surface area (Å²) in [4.78, 5) is 4.94. The van der Waals surface area contributed by atoms with Crippen molar-refractivity contribution in [3.8, 4) is 11.5 Å². The number of ether oxygens (including phenoxy) is 3. The quantitative estimate of drug-likeness (QED) is 0.253. The fourth-order valence-corrected chi connectivity index (χ4v) is 3.61. The van der Waals surface area contributed by atoms with E-state index in [-0.39, 0.29) is 6.10 Å². The molecule has 1 unspecified atom stereocenters. The molecule has 1 saturated carbocycles. The maximum absolute atomic E-state index is 6.05. The molecule has 0 spiro atoms. The zero-order valence-electron chi connectivity index (χ0n) is 18.5. The van der Waals surface area contributed by atoms with E-state index in [1.165, 1.54) is 12.8 Å². The van der Waals surface area contributed by atoms with Crippen molar-refractivity contribution in [2.45, 2.75) is 71.8 Å². The van der Waals surface area contributed by atoms with Crippen LogP contribution >= 0.6 is 0 Å². The standard InChI is InChI=1S/C24H37NO4/c1-5-6-14-27-21-17-19(2)24(20(3)18-21)29-16-11-7-10-15-28-23-13-9-8-12-22(23)25-26-4/h5-6,17-18,23H,7-16H2,1-4H3/b6-5+,25-22+. The summed E-state index contributed by atoms with van der Waals surface area (Å²) in [5.41, 5.74) is 3.29. The highest BCUT2D eigenvalue weighted by molar-refractivity contribution is 5.88. The summed E-state index contributed by atoms with van der Waals surface area (Å²) in [6, 6.07) is 4.09. The van der Waals surface area contributed by atoms with Crippen molar-refractivity contribution in [3.63, 3.8) is 0 Å². The number of nitrogens with zero attached hydrogens (tertiary/aromatic N) is 1. The highest BCUT2D eigenvalue weighted by Gasteiger charge is 2.21. The van der Waals surface area contributed by atoms with E-state index in [2.05, 4.69) is 19.0 Å². The molecule has 0 saturated heterocycles. The minimum absolute atomic E-state index is 0.138. The maximum Gasteiger partial charge on any atom is 0.125 e. The number of aryl methyl sites for hydroxylation is 2. The summed E-state index contributed by atoms with van der Waals surface area (Å²) in [6.07, 6.45) is 11.7. The van der Waals surface area contributed by atoms with E-state index >= 15 is 0 Å². The number of rotatable bonds is 12. The van der Waals surface area contributed by atoms with Gasteiger partial charge in [0.2, 0.25) is 0 Å². The normalized spacial score (nSPS) is 18.3. The number of allylic oxidation sites excluding steroid dienone is 1. The Morgan fingerprint density at radius 1 is 1.03 bits per heavy atom. The fourth-order valence-electron chi connectivity index (χ4n) is 3.61. The van der Waals surface area contributed by atoms with Gasteiger partial charge >= 0.3 is 0 Å². The van der Waals surface area contributed by atoms with E-state index in [0.717, 1.165) is 73.7 Å². The third-order valence-electron chi connectivity index (χ3n) is 5.10. The van der Waals surface area contributed by atoms with Crippen LogP contribution in [-0.2, 0) is 9.57 Å². The summed E-state index contributed by atoms with van der Waals surface area (Å²) in [7, 11) is 1.60. The Hall–Kier alpha value is -2.01. The summed E-state index contributed by atoms with van der Waals surface area (Å²) in [5.74, 6) is 1.86. The molecule has 0 heterocycles. The maximum atomic E-state index is 6.05. The van der Waals surface area contributed by atoms with Gasteiger partial charge in [-0.3, -0.25) is 0 Å². The third kappa shape index (κ3) is 8.09. The first-order valence-electron chi connectivity index (χ1n) is 10.8. The van der Waals surface area contributed by atoms with Gasteiger partial charge in [-0.1, -0.05) is 23.7 Å². The van der Waals surface area contributed by atoms with Crippen molar-refractivity contribution in [2.24, 2.45) is 5.16 Å². The van der Waals surface area contributed by atoms with Crippen molar-refractivity contribution < 1.29 is 19.0 Å². The average Bonchev–Trinajstić information content (AvgIpc) is 2.70. The molecule has 1 aromatic rings. The zero-order chi connectivity index (χ0) is 20.9. The lowest BCUT2D eigenvalue weighted by Gasteiger charge is -2.23. The molecule has 0 radical (unpaired) electrons. The molecule has 1 aliphatic rings. The number of benzene rings is 1. The first kappa shape index (κ1) is 23.3. The van der Waals surface area contributed by atoms with Gasteiger partial charge in [-0.25, -0.2) is 0 Å². The van der Waals surface area contributed by atoms with E-state index in [9.17, 15) is 0 Å². The Balaban J connectivity index is 1.65. The molecule has 1 atom stereocenters. The van der Waals surface area contributed by atoms with Crippen LogP contribution in [0, 0.1) is 13.8 Å². The number of oxime groups is 1. The molecule has 1 fully saturated rings. The minimum atomic E-state index is 0.138. The summed E-state index contributed by atoms with van der Waals surface area (Å²) in [6.45, 7) is 8.22. The lowest BCUT2D eigenvalue weighted by molar-refractivity contribution is 0.0759. The molecule has 0 bridgehead atoms. The molecular weight excluding hydrogens is 366 g/mol. The van der Waals surface area contributed by atoms with Crippen LogP contribution in [-0.4, -0.2) is 38.7 Å². The highest BCUT2D eigenvalue weighted by atomic mass is 16.6. The highest BCUT2D eigenvalue weighted by Crippen LogP contribution is 2.28. The fraction of sp³-hybridized carbons (Fsp3) is 0.625. The van der Waals surface area contributed by atoms with Crippen LogP contribution in [0.2, 0.25) is 0 Å². The predicted molar refractivity (Wildman–Crippen MR) is 118 cm³/mol. The van der Waals surface area contributed by atoms with Gasteiger partial charge in [0.15, 0.2) is 0 Å². The monoisotopic (exact) mass is 403 g/mol. The number of hydrogen-bond acceptors (Lipinski definition) is 5. The van der Waals surface area contributed by atoms with E-state index < -0.39 is 0 Å². The second kappa shape index (κ2) is 13.3. The largest absolute Gasteiger partial charge is 0.493 e. The molecule has 5 nitrogen and oxygen atoms in total. The van der Waals surface area contributed by atoms with Gasteiger partial charge in [0, 0.05) is 6.61 Å². The van der Waals surface area contributed by atoms with Crippen LogP contribution < -0.4 is 9.47 Å². The molecule has 2 rings (SSSR count). The molecular formula is C24H37NO4. The van der Waals surface area contributed by atoms with Crippen LogP contribution in [0.3, 0.4) is 0 Å². The van der Waals surface area contributed by atoms with Gasteiger partial charge in [-0.2, -0.15) is 0 Å². The Kier molecular flexibility index (Phi) is 10.6. The Morgan fingerprint density at radius 3 is 2.52 bits per heavy atom. The van der Waals surface area contributed by atoms with Gasteiger partial charge in [-0.05, 0) is 82.6 Å². The lowest BCUT2D eigenvalue weighted by Crippen LogP contribution is -2.28. The second-order valence-electron chi connectivity index (χ2n) is 7.55. The van der Waals surface area contributed by atoms with Crippen molar-refractivity contribution in [1.29, 1.82) is 0 Å². The molecule has 29 heavy (non-hydrogen) atoms. The molecule has 0 N–H and O–H groups in total. The molecule has 1 aromatic carbocycles. The topological polar surface area (TPSA) is 49.3 Å². The van der Waals surface area contributed by atoms with Crippen molar-refractivity contribution in [3.05, 3.63) is 35.4 Å². The van der Waals surface area contributed by atoms with E-state index in [1.807, 2.05) is 31.2 Å². The minimum Gasteiger partial charge on any atom is -0.493 e. The van der Waals surface area contributed by atoms with Crippen LogP contribution in [0.25, 0.3) is 0 Å². The summed E-state index contributed by atoms with van der Waals surface area (Å²) >= 11 is 0. The molecule has 0 aromatic heterocycles. The lowest BCUT2D eigenvalue weighted by atomic mass is 9.95. The van der Waals surface area contributed by atoms with Crippen LogP contribution in [0.15, 0.2) is 29.4 Å². The van der Waals surface area contributed by atoms with Crippen LogP contribution in [0.1, 0.15) is 63.0 Å². The number of unbranched alkanes of at least 4 members (excludes halogenated alkanes) is 2. The molecule has 0 amide bonds. The smallest absolute Gasteiger partial charge is 0.125 e. The first-order chi connectivity index (χ1) is 14.2. The first-order valence-corrected chi connectivity index (χ1v) is 10.8. The van der Waals surface area contributed by atoms with E-state index in [0.29, 0.717) is 6.61 Å². The number of hydrogen-bond donors (Lipinski definition) is 0. The SMILES string of the molecule is C/C=C/COc1cc(C)c(OCCCCCOC2CCCC/C2=N\OC)c(C)c1. The molecule has 162 valence electrons. The second-order valence-corrected chi connectivity index (χ2v) is 7.55. The average molecular weight is 404 g/mol. The molecule has 1 aliphatic carbocycles. The van der Waals surface area contributed by atoms with Gasteiger partial charge < -0.3 is 19.0 Å². The van der Waals surface area contributed by atoms with E-state index in [1.54, 1.807) is 7.11 Å². The Morgan fingerprint density at radius 2 is 1.79 bits per heavy atom. The van der Waals surface area contributed by atoms with Crippen LogP contribution in [0.4, 0.5) is 0 Å². The Labute approximate surface area is 176 Å². The van der Waals surface area contributed by atoms with Gasteiger partial charge in [0.1, 0.15) is 25.2 Å². The summed E-state index contributed by atoms with van der Waals surface area (Å²) in [5, 5.41) is 4.13. The van der Waals surface area contributed by atoms with Crippen molar-refractivity contribution in [1.82, 2.24) is 0 Å². The molecule has 5 heteroatoms. The third-order valence-corrected chi connectivity index (χ3v) is 5.10.